The topological polar surface area (TPSA) is 43.8 Å². The third-order valence-corrected chi connectivity index (χ3v) is 4.00. The zero-order valence-electron chi connectivity index (χ0n) is 10.5. The van der Waals surface area contributed by atoms with Gasteiger partial charge in [0.05, 0.1) is 22.4 Å². The molecule has 0 aliphatic rings. The van der Waals surface area contributed by atoms with Crippen LogP contribution in [0.25, 0.3) is 10.8 Å². The molecular formula is C15H14BrN3. The second-order valence-corrected chi connectivity index (χ2v) is 5.40. The summed E-state index contributed by atoms with van der Waals surface area (Å²) in [7, 11) is 1.91. The van der Waals surface area contributed by atoms with Gasteiger partial charge in [-0.25, -0.2) is 0 Å². The molecule has 2 N–H and O–H groups in total. The molecule has 1 unspecified atom stereocenters. The van der Waals surface area contributed by atoms with E-state index in [-0.39, 0.29) is 6.04 Å². The highest BCUT2D eigenvalue weighted by atomic mass is 79.9. The van der Waals surface area contributed by atoms with E-state index in [1.54, 1.807) is 6.20 Å². The predicted octanol–water partition coefficient (Wildman–Crippen LogP) is 3.38. The van der Waals surface area contributed by atoms with E-state index < -0.39 is 0 Å². The second-order valence-electron chi connectivity index (χ2n) is 4.55. The normalized spacial score (nSPS) is 12.8. The standard InChI is InChI=1S/C15H14BrN3/c1-19-15(13(16)9-18-19)14(17)12-8-4-6-10-5-2-3-7-11(10)12/h2-9,14H,17H2,1H3. The average Bonchev–Trinajstić information content (AvgIpc) is 2.77. The summed E-state index contributed by atoms with van der Waals surface area (Å²) in [5.41, 5.74) is 8.53. The molecule has 2 aromatic carbocycles. The van der Waals surface area contributed by atoms with Gasteiger partial charge >= 0.3 is 0 Å². The molecule has 0 fully saturated rings. The number of aromatic nitrogens is 2. The molecule has 1 heterocycles. The lowest BCUT2D eigenvalue weighted by Gasteiger charge is -2.16. The molecule has 1 aromatic heterocycles. The lowest BCUT2D eigenvalue weighted by molar-refractivity contribution is 0.673. The minimum atomic E-state index is -0.201. The summed E-state index contributed by atoms with van der Waals surface area (Å²) in [6.45, 7) is 0. The van der Waals surface area contributed by atoms with Gasteiger partial charge in [-0.2, -0.15) is 5.10 Å². The molecule has 0 spiro atoms. The van der Waals surface area contributed by atoms with Crippen molar-refractivity contribution < 1.29 is 0 Å². The van der Waals surface area contributed by atoms with Crippen LogP contribution in [-0.2, 0) is 7.05 Å². The first-order valence-electron chi connectivity index (χ1n) is 6.09. The van der Waals surface area contributed by atoms with Gasteiger partial charge in [0.25, 0.3) is 0 Å². The molecule has 0 saturated carbocycles. The van der Waals surface area contributed by atoms with Gasteiger partial charge in [-0.1, -0.05) is 42.5 Å². The Labute approximate surface area is 120 Å². The first kappa shape index (κ1) is 12.4. The van der Waals surface area contributed by atoms with Crippen LogP contribution in [0.15, 0.2) is 53.1 Å². The van der Waals surface area contributed by atoms with Crippen molar-refractivity contribution in [1.82, 2.24) is 9.78 Å². The number of rotatable bonds is 2. The van der Waals surface area contributed by atoms with Crippen molar-refractivity contribution in [2.24, 2.45) is 12.8 Å². The summed E-state index contributed by atoms with van der Waals surface area (Å²) in [5.74, 6) is 0. The summed E-state index contributed by atoms with van der Waals surface area (Å²) in [4.78, 5) is 0. The van der Waals surface area contributed by atoms with Crippen LogP contribution in [0.3, 0.4) is 0 Å². The Morgan fingerprint density at radius 1 is 1.16 bits per heavy atom. The SMILES string of the molecule is Cn1ncc(Br)c1C(N)c1cccc2ccccc12. The van der Waals surface area contributed by atoms with Crippen molar-refractivity contribution in [2.75, 3.05) is 0 Å². The Morgan fingerprint density at radius 3 is 2.63 bits per heavy atom. The highest BCUT2D eigenvalue weighted by molar-refractivity contribution is 9.10. The van der Waals surface area contributed by atoms with Crippen LogP contribution in [0.2, 0.25) is 0 Å². The zero-order valence-corrected chi connectivity index (χ0v) is 12.1. The number of benzene rings is 2. The Hall–Kier alpha value is -1.65. The minimum Gasteiger partial charge on any atom is -0.319 e. The molecule has 3 aromatic rings. The Balaban J connectivity index is 2.20. The van der Waals surface area contributed by atoms with Gasteiger partial charge in [0.2, 0.25) is 0 Å². The fourth-order valence-corrected chi connectivity index (χ4v) is 3.03. The zero-order chi connectivity index (χ0) is 13.4. The van der Waals surface area contributed by atoms with Gasteiger partial charge in [0.15, 0.2) is 0 Å². The van der Waals surface area contributed by atoms with Crippen LogP contribution >= 0.6 is 15.9 Å². The molecule has 0 bridgehead atoms. The first-order chi connectivity index (χ1) is 9.18. The van der Waals surface area contributed by atoms with Crippen LogP contribution in [0.4, 0.5) is 0 Å². The molecule has 0 aliphatic carbocycles. The van der Waals surface area contributed by atoms with E-state index in [4.69, 9.17) is 5.73 Å². The van der Waals surface area contributed by atoms with E-state index in [9.17, 15) is 0 Å². The van der Waals surface area contributed by atoms with Gasteiger partial charge in [0.1, 0.15) is 0 Å². The van der Waals surface area contributed by atoms with Crippen LogP contribution in [0.5, 0.6) is 0 Å². The first-order valence-corrected chi connectivity index (χ1v) is 6.88. The molecule has 4 heteroatoms. The van der Waals surface area contributed by atoms with E-state index in [1.165, 1.54) is 10.8 Å². The number of aryl methyl sites for hydroxylation is 1. The summed E-state index contributed by atoms with van der Waals surface area (Å²) >= 11 is 3.52. The molecule has 1 atom stereocenters. The van der Waals surface area contributed by atoms with Gasteiger partial charge < -0.3 is 5.73 Å². The molecule has 3 nitrogen and oxygen atoms in total. The minimum absolute atomic E-state index is 0.201. The Morgan fingerprint density at radius 2 is 1.89 bits per heavy atom. The molecule has 0 saturated heterocycles. The molecule has 19 heavy (non-hydrogen) atoms. The van der Waals surface area contributed by atoms with Gasteiger partial charge in [0, 0.05) is 7.05 Å². The number of halogens is 1. The van der Waals surface area contributed by atoms with Crippen LogP contribution in [-0.4, -0.2) is 9.78 Å². The summed E-state index contributed by atoms with van der Waals surface area (Å²) < 4.78 is 2.76. The third-order valence-electron chi connectivity index (χ3n) is 3.39. The summed E-state index contributed by atoms with van der Waals surface area (Å²) in [6, 6.07) is 14.3. The van der Waals surface area contributed by atoms with Crippen molar-refractivity contribution in [1.29, 1.82) is 0 Å². The lowest BCUT2D eigenvalue weighted by Crippen LogP contribution is -2.16. The van der Waals surface area contributed by atoms with E-state index in [0.29, 0.717) is 0 Å². The van der Waals surface area contributed by atoms with E-state index in [1.807, 2.05) is 29.9 Å². The van der Waals surface area contributed by atoms with Crippen molar-refractivity contribution in [2.45, 2.75) is 6.04 Å². The Bertz CT molecular complexity index is 708. The maximum atomic E-state index is 6.44. The lowest BCUT2D eigenvalue weighted by atomic mass is 9.97. The molecule has 0 aliphatic heterocycles. The fourth-order valence-electron chi connectivity index (χ4n) is 2.44. The maximum absolute atomic E-state index is 6.44. The van der Waals surface area contributed by atoms with E-state index in [0.717, 1.165) is 15.7 Å². The van der Waals surface area contributed by atoms with E-state index in [2.05, 4.69) is 45.3 Å². The third kappa shape index (κ3) is 2.07. The van der Waals surface area contributed by atoms with Crippen molar-refractivity contribution in [3.63, 3.8) is 0 Å². The maximum Gasteiger partial charge on any atom is 0.0740 e. The van der Waals surface area contributed by atoms with Crippen molar-refractivity contribution >= 4 is 26.7 Å². The molecule has 3 rings (SSSR count). The second kappa shape index (κ2) is 4.79. The van der Waals surface area contributed by atoms with Gasteiger partial charge in [-0.05, 0) is 32.3 Å². The van der Waals surface area contributed by atoms with Crippen LogP contribution in [0, 0.1) is 0 Å². The van der Waals surface area contributed by atoms with E-state index >= 15 is 0 Å². The number of nitrogens with zero attached hydrogens (tertiary/aromatic N) is 2. The highest BCUT2D eigenvalue weighted by Gasteiger charge is 2.18. The van der Waals surface area contributed by atoms with Crippen molar-refractivity contribution in [3.8, 4) is 0 Å². The molecule has 0 radical (unpaired) electrons. The van der Waals surface area contributed by atoms with Crippen molar-refractivity contribution in [3.05, 3.63) is 64.4 Å². The van der Waals surface area contributed by atoms with Crippen LogP contribution < -0.4 is 5.73 Å². The number of nitrogens with two attached hydrogens (primary N) is 1. The van der Waals surface area contributed by atoms with Gasteiger partial charge in [-0.3, -0.25) is 4.68 Å². The molecule has 0 amide bonds. The fraction of sp³-hybridized carbons (Fsp3) is 0.133. The summed E-state index contributed by atoms with van der Waals surface area (Å²) in [6.07, 6.45) is 1.78. The average molecular weight is 316 g/mol. The van der Waals surface area contributed by atoms with Crippen LogP contribution in [0.1, 0.15) is 17.3 Å². The molecular weight excluding hydrogens is 302 g/mol. The predicted molar refractivity (Wildman–Crippen MR) is 80.9 cm³/mol. The number of fused-ring (bicyclic) bond motifs is 1. The summed E-state index contributed by atoms with van der Waals surface area (Å²) in [5, 5.41) is 6.62. The number of hydrogen-bond donors (Lipinski definition) is 1. The largest absolute Gasteiger partial charge is 0.319 e. The number of hydrogen-bond acceptors (Lipinski definition) is 2. The monoisotopic (exact) mass is 315 g/mol. The smallest absolute Gasteiger partial charge is 0.0740 e. The highest BCUT2D eigenvalue weighted by Crippen LogP contribution is 2.30. The quantitative estimate of drug-likeness (QED) is 0.787. The molecule has 96 valence electrons. The van der Waals surface area contributed by atoms with Gasteiger partial charge in [-0.15, -0.1) is 0 Å². The Kier molecular flexibility index (Phi) is 3.12.